The van der Waals surface area contributed by atoms with E-state index in [2.05, 4.69) is 10.4 Å². The molecule has 3 N–H and O–H groups in total. The Morgan fingerprint density at radius 1 is 1.06 bits per heavy atom. The van der Waals surface area contributed by atoms with Crippen molar-refractivity contribution in [3.8, 4) is 0 Å². The van der Waals surface area contributed by atoms with Crippen molar-refractivity contribution in [1.82, 2.24) is 9.78 Å². The lowest BCUT2D eigenvalue weighted by atomic mass is 10.1. The van der Waals surface area contributed by atoms with E-state index in [9.17, 15) is 13.2 Å². The number of fused-ring (bicyclic) bond motifs is 1. The number of amides is 1. The van der Waals surface area contributed by atoms with Gasteiger partial charge >= 0.3 is 0 Å². The molecule has 1 heterocycles. The molecule has 1 amide bonds. The second-order valence-corrected chi connectivity index (χ2v) is 9.60. The topological polar surface area (TPSA) is 107 Å². The van der Waals surface area contributed by atoms with E-state index in [1.165, 1.54) is 6.07 Å². The molecule has 0 aliphatic rings. The molecule has 0 radical (unpaired) electrons. The van der Waals surface area contributed by atoms with Gasteiger partial charge in [0.2, 0.25) is 15.9 Å². The van der Waals surface area contributed by atoms with Crippen LogP contribution < -0.4 is 10.5 Å². The Morgan fingerprint density at radius 3 is 2.47 bits per heavy atom. The predicted molar refractivity (Wildman–Crippen MR) is 125 cm³/mol. The van der Waals surface area contributed by atoms with Crippen LogP contribution in [0.3, 0.4) is 0 Å². The zero-order valence-corrected chi connectivity index (χ0v) is 19.0. The molecule has 4 rings (SSSR count). The van der Waals surface area contributed by atoms with Crippen LogP contribution in [0.5, 0.6) is 0 Å². The van der Waals surface area contributed by atoms with Crippen LogP contribution in [-0.2, 0) is 27.8 Å². The van der Waals surface area contributed by atoms with Crippen LogP contribution in [0.15, 0.2) is 71.8 Å². The minimum absolute atomic E-state index is 0.0351. The molecule has 0 saturated heterocycles. The summed E-state index contributed by atoms with van der Waals surface area (Å²) in [5, 5.41) is 14.1. The number of primary sulfonamides is 1. The summed E-state index contributed by atoms with van der Waals surface area (Å²) in [5.74, 6) is -0.349. The Bertz CT molecular complexity index is 1420. The lowest BCUT2D eigenvalue weighted by Crippen LogP contribution is -2.16. The molecule has 7 nitrogen and oxygen atoms in total. The molecule has 0 spiro atoms. The van der Waals surface area contributed by atoms with Crippen molar-refractivity contribution in [1.29, 1.82) is 0 Å². The van der Waals surface area contributed by atoms with Crippen LogP contribution in [0, 0.1) is 0 Å². The molecule has 0 aliphatic carbocycles. The Morgan fingerprint density at radius 2 is 1.78 bits per heavy atom. The second-order valence-electron chi connectivity index (χ2n) is 7.22. The molecule has 0 saturated carbocycles. The quantitative estimate of drug-likeness (QED) is 0.423. The summed E-state index contributed by atoms with van der Waals surface area (Å²) in [7, 11) is -4.06. The summed E-state index contributed by atoms with van der Waals surface area (Å²) in [5.41, 5.74) is 2.26. The van der Waals surface area contributed by atoms with Crippen molar-refractivity contribution in [2.75, 3.05) is 5.32 Å². The number of nitrogens with zero attached hydrogens (tertiary/aromatic N) is 2. The zero-order valence-electron chi connectivity index (χ0n) is 16.6. The maximum Gasteiger partial charge on any atom is 0.238 e. The van der Waals surface area contributed by atoms with Gasteiger partial charge in [-0.1, -0.05) is 53.5 Å². The van der Waals surface area contributed by atoms with Crippen LogP contribution >= 0.6 is 23.2 Å². The van der Waals surface area contributed by atoms with Gasteiger partial charge in [0.25, 0.3) is 0 Å². The van der Waals surface area contributed by atoms with E-state index in [0.29, 0.717) is 33.1 Å². The van der Waals surface area contributed by atoms with Crippen molar-refractivity contribution >= 4 is 55.7 Å². The Kier molecular flexibility index (Phi) is 6.21. The van der Waals surface area contributed by atoms with Gasteiger partial charge in [-0.3, -0.25) is 9.48 Å². The van der Waals surface area contributed by atoms with Crippen LogP contribution in [0.25, 0.3) is 10.9 Å². The number of carbonyl (C=O) groups is 1. The van der Waals surface area contributed by atoms with E-state index >= 15 is 0 Å². The molecule has 0 atom stereocenters. The van der Waals surface area contributed by atoms with Crippen LogP contribution in [-0.4, -0.2) is 24.1 Å². The smallest absolute Gasteiger partial charge is 0.238 e. The number of nitrogens with one attached hydrogen (secondary N) is 1. The van der Waals surface area contributed by atoms with Crippen LogP contribution in [0.1, 0.15) is 11.1 Å². The van der Waals surface area contributed by atoms with Crippen molar-refractivity contribution in [2.24, 2.45) is 5.14 Å². The van der Waals surface area contributed by atoms with E-state index in [1.807, 2.05) is 12.1 Å². The highest BCUT2D eigenvalue weighted by Gasteiger charge is 2.18. The summed E-state index contributed by atoms with van der Waals surface area (Å²) in [6.45, 7) is 0.407. The first kappa shape index (κ1) is 22.3. The van der Waals surface area contributed by atoms with E-state index < -0.39 is 10.0 Å². The first-order chi connectivity index (χ1) is 15.2. The van der Waals surface area contributed by atoms with Crippen LogP contribution in [0.4, 0.5) is 5.69 Å². The third kappa shape index (κ3) is 5.11. The number of nitrogens with two attached hydrogens (primary N) is 1. The number of benzene rings is 3. The van der Waals surface area contributed by atoms with Gasteiger partial charge in [-0.2, -0.15) is 5.10 Å². The lowest BCUT2D eigenvalue weighted by Gasteiger charge is -2.08. The molecule has 4 aromatic rings. The minimum atomic E-state index is -4.06. The number of hydrogen-bond donors (Lipinski definition) is 2. The average Bonchev–Trinajstić information content (AvgIpc) is 3.12. The molecule has 0 fully saturated rings. The number of aromatic nitrogens is 2. The van der Waals surface area contributed by atoms with Crippen molar-refractivity contribution in [3.05, 3.63) is 88.0 Å². The minimum Gasteiger partial charge on any atom is -0.326 e. The predicted octanol–water partition coefficient (Wildman–Crippen LogP) is 4.22. The van der Waals surface area contributed by atoms with Gasteiger partial charge in [-0.05, 0) is 41.5 Å². The molecule has 10 heteroatoms. The standard InChI is InChI=1S/C22H18Cl2N4O3S/c23-16-7-5-14(6-8-16)12-28-13-18-20(27-28)10-17(11-21(18)32(25,30)31)26-22(29)9-15-3-1-2-4-19(15)24/h1-8,10-11,13H,9,12H2,(H,26,29)(H2,25,30,31). The van der Waals surface area contributed by atoms with E-state index in [4.69, 9.17) is 28.3 Å². The number of halogens is 2. The number of rotatable bonds is 6. The summed E-state index contributed by atoms with van der Waals surface area (Å²) in [4.78, 5) is 12.4. The summed E-state index contributed by atoms with van der Waals surface area (Å²) in [6.07, 6.45) is 1.65. The summed E-state index contributed by atoms with van der Waals surface area (Å²) in [6, 6.07) is 17.2. The Balaban J connectivity index is 1.65. The molecule has 0 aliphatic heterocycles. The van der Waals surface area contributed by atoms with Gasteiger partial charge in [0, 0.05) is 27.3 Å². The lowest BCUT2D eigenvalue weighted by molar-refractivity contribution is -0.115. The van der Waals surface area contributed by atoms with Crippen molar-refractivity contribution < 1.29 is 13.2 Å². The molecule has 32 heavy (non-hydrogen) atoms. The molecule has 0 unspecified atom stereocenters. The maximum absolute atomic E-state index is 12.5. The highest BCUT2D eigenvalue weighted by Crippen LogP contribution is 2.27. The van der Waals surface area contributed by atoms with E-state index in [0.717, 1.165) is 5.56 Å². The molecule has 3 aromatic carbocycles. The third-order valence-electron chi connectivity index (χ3n) is 4.79. The first-order valence-corrected chi connectivity index (χ1v) is 11.8. The van der Waals surface area contributed by atoms with Gasteiger partial charge in [0.15, 0.2) is 0 Å². The number of hydrogen-bond acceptors (Lipinski definition) is 4. The summed E-state index contributed by atoms with van der Waals surface area (Å²) >= 11 is 12.0. The van der Waals surface area contributed by atoms with Gasteiger partial charge in [-0.15, -0.1) is 0 Å². The van der Waals surface area contributed by atoms with Crippen LogP contribution in [0.2, 0.25) is 10.0 Å². The van der Waals surface area contributed by atoms with Gasteiger partial charge in [0.1, 0.15) is 0 Å². The zero-order chi connectivity index (χ0) is 22.9. The monoisotopic (exact) mass is 488 g/mol. The van der Waals surface area contributed by atoms with Gasteiger partial charge in [-0.25, -0.2) is 13.6 Å². The Hall–Kier alpha value is -2.91. The van der Waals surface area contributed by atoms with Crippen molar-refractivity contribution in [2.45, 2.75) is 17.9 Å². The number of sulfonamides is 1. The number of anilines is 1. The fraction of sp³-hybridized carbons (Fsp3) is 0.0909. The Labute approximate surface area is 194 Å². The second kappa shape index (κ2) is 8.91. The molecule has 164 valence electrons. The molecular formula is C22H18Cl2N4O3S. The SMILES string of the molecule is NS(=O)(=O)c1cc(NC(=O)Cc2ccccc2Cl)cc2nn(Cc3ccc(Cl)cc3)cc12. The first-order valence-electron chi connectivity index (χ1n) is 9.51. The van der Waals surface area contributed by atoms with Crippen molar-refractivity contribution in [3.63, 3.8) is 0 Å². The average molecular weight is 489 g/mol. The van der Waals surface area contributed by atoms with Gasteiger partial charge in [0.05, 0.1) is 23.4 Å². The third-order valence-corrected chi connectivity index (χ3v) is 6.36. The highest BCUT2D eigenvalue weighted by molar-refractivity contribution is 7.89. The fourth-order valence-electron chi connectivity index (χ4n) is 3.33. The van der Waals surface area contributed by atoms with E-state index in [1.54, 1.807) is 53.3 Å². The summed E-state index contributed by atoms with van der Waals surface area (Å²) < 4.78 is 26.1. The largest absolute Gasteiger partial charge is 0.326 e. The number of carbonyl (C=O) groups excluding carboxylic acids is 1. The van der Waals surface area contributed by atoms with E-state index in [-0.39, 0.29) is 22.9 Å². The normalized spacial score (nSPS) is 11.6. The highest BCUT2D eigenvalue weighted by atomic mass is 35.5. The maximum atomic E-state index is 12.5. The van der Waals surface area contributed by atoms with Gasteiger partial charge < -0.3 is 5.32 Å². The fourth-order valence-corrected chi connectivity index (χ4v) is 4.41. The molecule has 1 aromatic heterocycles. The molecular weight excluding hydrogens is 471 g/mol. The molecule has 0 bridgehead atoms.